The van der Waals surface area contributed by atoms with Gasteiger partial charge in [0.15, 0.2) is 0 Å². The molecule has 0 spiro atoms. The first-order chi connectivity index (χ1) is 4.74. The lowest BCUT2D eigenvalue weighted by Gasteiger charge is -2.03. The number of hydrogen-bond acceptors (Lipinski definition) is 2. The van der Waals surface area contributed by atoms with E-state index >= 15 is 0 Å². The molecule has 10 heavy (non-hydrogen) atoms. The molecule has 2 unspecified atom stereocenters. The van der Waals surface area contributed by atoms with Gasteiger partial charge in [-0.15, -0.1) is 0 Å². The highest BCUT2D eigenvalue weighted by Crippen LogP contribution is 2.30. The molecule has 0 aromatic carbocycles. The molecule has 3 atom stereocenters. The van der Waals surface area contributed by atoms with Gasteiger partial charge in [-0.25, -0.2) is 0 Å². The Morgan fingerprint density at radius 3 is 2.60 bits per heavy atom. The van der Waals surface area contributed by atoms with Crippen molar-refractivity contribution in [1.82, 2.24) is 0 Å². The Hall–Kier alpha value is -0.0200. The van der Waals surface area contributed by atoms with Crippen LogP contribution in [0.3, 0.4) is 0 Å². The molecule has 0 amide bonds. The molecule has 0 aromatic rings. The first-order valence-electron chi connectivity index (χ1n) is 3.44. The second-order valence-corrected chi connectivity index (χ2v) is 3.93. The van der Waals surface area contributed by atoms with Gasteiger partial charge in [-0.1, -0.05) is 15.9 Å². The van der Waals surface area contributed by atoms with Crippen LogP contribution in [0.1, 0.15) is 12.8 Å². The third kappa shape index (κ3) is 1.73. The van der Waals surface area contributed by atoms with E-state index in [1.54, 1.807) is 6.08 Å². The summed E-state index contributed by atoms with van der Waals surface area (Å²) in [6.45, 7) is 0. The third-order valence-electron chi connectivity index (χ3n) is 1.93. The number of allylic oxidation sites excluding steroid dienone is 1. The topological polar surface area (TPSA) is 46.2 Å². The molecule has 0 saturated heterocycles. The van der Waals surface area contributed by atoms with Crippen LogP contribution >= 0.6 is 15.9 Å². The summed E-state index contributed by atoms with van der Waals surface area (Å²) in [5.41, 5.74) is 5.74. The summed E-state index contributed by atoms with van der Waals surface area (Å²) >= 11 is 3.47. The monoisotopic (exact) mass is 205 g/mol. The summed E-state index contributed by atoms with van der Waals surface area (Å²) in [5, 5.41) is 8.46. The van der Waals surface area contributed by atoms with Gasteiger partial charge in [-0.2, -0.15) is 0 Å². The molecule has 0 aromatic heterocycles. The average Bonchev–Trinajstić information content (AvgIpc) is 2.14. The fourth-order valence-electron chi connectivity index (χ4n) is 1.34. The molecule has 1 saturated carbocycles. The van der Waals surface area contributed by atoms with Crippen molar-refractivity contribution in [2.24, 2.45) is 11.7 Å². The van der Waals surface area contributed by atoms with E-state index in [2.05, 4.69) is 15.9 Å². The smallest absolute Gasteiger partial charge is 0.0754 e. The minimum Gasteiger partial charge on any atom is -0.516 e. The van der Waals surface area contributed by atoms with Crippen molar-refractivity contribution in [3.8, 4) is 0 Å². The minimum atomic E-state index is 0.251. The zero-order valence-corrected chi connectivity index (χ0v) is 7.29. The van der Waals surface area contributed by atoms with Gasteiger partial charge in [0, 0.05) is 10.9 Å². The SMILES string of the molecule is N[C@@H]1CC(/C=C/O)CC1Br. The first kappa shape index (κ1) is 8.08. The fraction of sp³-hybridized carbons (Fsp3) is 0.714. The predicted octanol–water partition coefficient (Wildman–Crippen LogP) is 1.56. The van der Waals surface area contributed by atoms with Crippen LogP contribution in [-0.2, 0) is 0 Å². The van der Waals surface area contributed by atoms with Crippen molar-refractivity contribution < 1.29 is 5.11 Å². The molecule has 0 heterocycles. The number of rotatable bonds is 1. The second-order valence-electron chi connectivity index (χ2n) is 2.75. The molecule has 0 aliphatic heterocycles. The minimum absolute atomic E-state index is 0.251. The highest BCUT2D eigenvalue weighted by Gasteiger charge is 2.27. The van der Waals surface area contributed by atoms with Crippen LogP contribution in [0.4, 0.5) is 0 Å². The molecule has 0 radical (unpaired) electrons. The predicted molar refractivity (Wildman–Crippen MR) is 45.2 cm³/mol. The largest absolute Gasteiger partial charge is 0.516 e. The zero-order chi connectivity index (χ0) is 7.56. The maximum Gasteiger partial charge on any atom is 0.0754 e. The highest BCUT2D eigenvalue weighted by molar-refractivity contribution is 9.09. The summed E-state index contributed by atoms with van der Waals surface area (Å²) in [4.78, 5) is 0.425. The molecule has 0 bridgehead atoms. The van der Waals surface area contributed by atoms with Crippen LogP contribution in [0.2, 0.25) is 0 Å². The maximum atomic E-state index is 8.46. The Balaban J connectivity index is 2.41. The van der Waals surface area contributed by atoms with E-state index in [1.807, 2.05) is 0 Å². The molecule has 3 N–H and O–H groups in total. The Morgan fingerprint density at radius 2 is 2.20 bits per heavy atom. The molecule has 1 aliphatic rings. The van der Waals surface area contributed by atoms with Crippen molar-refractivity contribution >= 4 is 15.9 Å². The molecular formula is C7H12BrNO. The van der Waals surface area contributed by atoms with Gasteiger partial charge in [0.1, 0.15) is 0 Å². The second kappa shape index (κ2) is 3.39. The van der Waals surface area contributed by atoms with Gasteiger partial charge in [0.25, 0.3) is 0 Å². The lowest BCUT2D eigenvalue weighted by atomic mass is 10.1. The van der Waals surface area contributed by atoms with Gasteiger partial charge in [0.2, 0.25) is 0 Å². The lowest BCUT2D eigenvalue weighted by molar-refractivity contribution is 0.463. The van der Waals surface area contributed by atoms with Crippen molar-refractivity contribution in [3.05, 3.63) is 12.3 Å². The van der Waals surface area contributed by atoms with Crippen LogP contribution in [-0.4, -0.2) is 16.0 Å². The van der Waals surface area contributed by atoms with Gasteiger partial charge < -0.3 is 10.8 Å². The van der Waals surface area contributed by atoms with Crippen LogP contribution in [0.15, 0.2) is 12.3 Å². The standard InChI is InChI=1S/C7H12BrNO/c8-6-3-5(1-2-10)4-7(6)9/h1-2,5-7,10H,3-4,9H2/b2-1+/t5?,6?,7-/m1/s1. The molecule has 2 nitrogen and oxygen atoms in total. The molecule has 1 rings (SSSR count). The van der Waals surface area contributed by atoms with Gasteiger partial charge in [0.05, 0.1) is 6.26 Å². The number of aliphatic hydroxyl groups is 1. The van der Waals surface area contributed by atoms with Gasteiger partial charge in [-0.05, 0) is 24.8 Å². The van der Waals surface area contributed by atoms with Crippen molar-refractivity contribution in [1.29, 1.82) is 0 Å². The Labute approximate surface area is 69.2 Å². The van der Waals surface area contributed by atoms with E-state index in [1.165, 1.54) is 0 Å². The number of aliphatic hydroxyl groups excluding tert-OH is 1. The van der Waals surface area contributed by atoms with Crippen LogP contribution in [0, 0.1) is 5.92 Å². The van der Waals surface area contributed by atoms with Gasteiger partial charge >= 0.3 is 0 Å². The average molecular weight is 206 g/mol. The van der Waals surface area contributed by atoms with E-state index in [4.69, 9.17) is 10.8 Å². The molecule has 1 aliphatic carbocycles. The maximum absolute atomic E-state index is 8.46. The van der Waals surface area contributed by atoms with Crippen molar-refractivity contribution in [2.45, 2.75) is 23.7 Å². The summed E-state index contributed by atoms with van der Waals surface area (Å²) in [5.74, 6) is 0.462. The normalized spacial score (nSPS) is 41.2. The lowest BCUT2D eigenvalue weighted by Crippen LogP contribution is -2.23. The van der Waals surface area contributed by atoms with Crippen LogP contribution in [0.25, 0.3) is 0 Å². The summed E-state index contributed by atoms with van der Waals surface area (Å²) in [7, 11) is 0. The van der Waals surface area contributed by atoms with E-state index in [0.29, 0.717) is 10.7 Å². The number of hydrogen-bond donors (Lipinski definition) is 2. The number of nitrogens with two attached hydrogens (primary N) is 1. The van der Waals surface area contributed by atoms with Crippen LogP contribution < -0.4 is 5.73 Å². The van der Waals surface area contributed by atoms with Gasteiger partial charge in [-0.3, -0.25) is 0 Å². The van der Waals surface area contributed by atoms with E-state index in [0.717, 1.165) is 19.1 Å². The molecular weight excluding hydrogens is 194 g/mol. The first-order valence-corrected chi connectivity index (χ1v) is 4.36. The van der Waals surface area contributed by atoms with E-state index in [9.17, 15) is 0 Å². The van der Waals surface area contributed by atoms with Crippen molar-refractivity contribution in [3.63, 3.8) is 0 Å². The molecule has 58 valence electrons. The summed E-state index contributed by atoms with van der Waals surface area (Å²) in [6.07, 6.45) is 4.94. The Morgan fingerprint density at radius 1 is 1.50 bits per heavy atom. The van der Waals surface area contributed by atoms with E-state index < -0.39 is 0 Å². The highest BCUT2D eigenvalue weighted by atomic mass is 79.9. The Kier molecular flexibility index (Phi) is 2.74. The summed E-state index contributed by atoms with van der Waals surface area (Å²) in [6, 6.07) is 0.251. The number of halogens is 1. The fourth-order valence-corrected chi connectivity index (χ4v) is 2.03. The molecule has 1 fully saturated rings. The Bertz CT molecular complexity index is 128. The number of alkyl halides is 1. The zero-order valence-electron chi connectivity index (χ0n) is 5.70. The van der Waals surface area contributed by atoms with Crippen LogP contribution in [0.5, 0.6) is 0 Å². The molecule has 3 heteroatoms. The quantitative estimate of drug-likeness (QED) is 0.505. The summed E-state index contributed by atoms with van der Waals surface area (Å²) < 4.78 is 0. The van der Waals surface area contributed by atoms with E-state index in [-0.39, 0.29) is 6.04 Å². The third-order valence-corrected chi connectivity index (χ3v) is 2.98. The van der Waals surface area contributed by atoms with Crippen molar-refractivity contribution in [2.75, 3.05) is 0 Å².